The van der Waals surface area contributed by atoms with E-state index in [1.165, 1.54) is 25.6 Å². The highest BCUT2D eigenvalue weighted by atomic mass is 19.1. The van der Waals surface area contributed by atoms with Gasteiger partial charge >= 0.3 is 5.97 Å². The highest BCUT2D eigenvalue weighted by molar-refractivity contribution is 5.85. The topological polar surface area (TPSA) is 64.1 Å². The quantitative estimate of drug-likeness (QED) is 0.876. The second-order valence-electron chi connectivity index (χ2n) is 4.71. The van der Waals surface area contributed by atoms with Crippen LogP contribution in [0.1, 0.15) is 18.3 Å². The van der Waals surface area contributed by atoms with Crippen LogP contribution in [-0.4, -0.2) is 23.0 Å². The van der Waals surface area contributed by atoms with E-state index in [0.29, 0.717) is 11.4 Å². The predicted octanol–water partition coefficient (Wildman–Crippen LogP) is 2.42. The van der Waals surface area contributed by atoms with Crippen molar-refractivity contribution in [3.8, 4) is 0 Å². The Bertz CT molecular complexity index is 663. The van der Waals surface area contributed by atoms with Gasteiger partial charge in [0.2, 0.25) is 0 Å². The minimum Gasteiger partial charge on any atom is -0.467 e. The summed E-state index contributed by atoms with van der Waals surface area (Å²) in [4.78, 5) is 20.5. The summed E-state index contributed by atoms with van der Waals surface area (Å²) in [6, 6.07) is 6.10. The Morgan fingerprint density at radius 2 is 1.95 bits per heavy atom. The Kier molecular flexibility index (Phi) is 4.16. The number of carbonyl (C=O) groups is 1. The van der Waals surface area contributed by atoms with E-state index in [9.17, 15) is 9.18 Å². The van der Waals surface area contributed by atoms with Gasteiger partial charge in [0, 0.05) is 12.4 Å². The lowest BCUT2D eigenvalue weighted by Crippen LogP contribution is -2.43. The Morgan fingerprint density at radius 3 is 2.57 bits per heavy atom. The smallest absolute Gasteiger partial charge is 0.337 e. The summed E-state index contributed by atoms with van der Waals surface area (Å²) in [5.41, 5.74) is -0.195. The maximum atomic E-state index is 13.9. The Morgan fingerprint density at radius 1 is 1.29 bits per heavy atom. The van der Waals surface area contributed by atoms with Crippen molar-refractivity contribution in [3.05, 3.63) is 53.9 Å². The number of nitrogens with one attached hydrogen (secondary N) is 1. The average Bonchev–Trinajstić information content (AvgIpc) is 2.49. The van der Waals surface area contributed by atoms with Crippen LogP contribution in [0.25, 0.3) is 0 Å². The molecule has 0 saturated heterocycles. The number of hydrogen-bond acceptors (Lipinski definition) is 5. The number of anilines is 1. The molecule has 0 saturated carbocycles. The molecule has 1 N–H and O–H groups in total. The second kappa shape index (κ2) is 5.87. The molecule has 5 nitrogen and oxygen atoms in total. The molecule has 1 aromatic heterocycles. The van der Waals surface area contributed by atoms with Gasteiger partial charge in [0.1, 0.15) is 5.82 Å². The number of rotatable bonds is 4. The van der Waals surface area contributed by atoms with Crippen LogP contribution in [0, 0.1) is 12.7 Å². The van der Waals surface area contributed by atoms with Crippen LogP contribution in [0.5, 0.6) is 0 Å². The minimum absolute atomic E-state index is 0.190. The molecule has 0 fully saturated rings. The first-order valence-electron chi connectivity index (χ1n) is 6.38. The number of nitrogens with zero attached hydrogens (tertiary/aromatic N) is 2. The van der Waals surface area contributed by atoms with E-state index >= 15 is 0 Å². The highest BCUT2D eigenvalue weighted by Crippen LogP contribution is 2.28. The number of para-hydroxylation sites is 1. The molecule has 1 heterocycles. The zero-order valence-electron chi connectivity index (χ0n) is 12.1. The molecule has 0 radical (unpaired) electrons. The molecule has 0 bridgehead atoms. The van der Waals surface area contributed by atoms with Gasteiger partial charge < -0.3 is 10.1 Å². The summed E-state index contributed by atoms with van der Waals surface area (Å²) < 4.78 is 18.7. The van der Waals surface area contributed by atoms with Gasteiger partial charge in [-0.3, -0.25) is 9.97 Å². The maximum Gasteiger partial charge on any atom is 0.337 e. The van der Waals surface area contributed by atoms with Gasteiger partial charge in [-0.1, -0.05) is 12.1 Å². The molecule has 0 aliphatic heterocycles. The number of aryl methyl sites for hydroxylation is 1. The van der Waals surface area contributed by atoms with E-state index in [-0.39, 0.29) is 5.69 Å². The third kappa shape index (κ3) is 2.84. The Hall–Kier alpha value is -2.50. The van der Waals surface area contributed by atoms with Crippen LogP contribution in [0.15, 0.2) is 36.7 Å². The van der Waals surface area contributed by atoms with Gasteiger partial charge in [0.25, 0.3) is 0 Å². The first-order valence-corrected chi connectivity index (χ1v) is 6.38. The summed E-state index contributed by atoms with van der Waals surface area (Å²) in [5.74, 6) is -1.04. The maximum absolute atomic E-state index is 13.9. The minimum atomic E-state index is -1.34. The molecule has 0 spiro atoms. The van der Waals surface area contributed by atoms with Crippen LogP contribution in [0.3, 0.4) is 0 Å². The van der Waals surface area contributed by atoms with E-state index < -0.39 is 17.3 Å². The standard InChI is InChI=1S/C15H16FN3O2/c1-10-13(18-9-8-17-10)15(2,14(20)21-3)19-12-7-5-4-6-11(12)16/h4-9,19H,1-3H3. The van der Waals surface area contributed by atoms with Crippen molar-refractivity contribution >= 4 is 11.7 Å². The number of aromatic nitrogens is 2. The molecule has 2 aromatic rings. The van der Waals surface area contributed by atoms with Crippen molar-refractivity contribution in [2.75, 3.05) is 12.4 Å². The van der Waals surface area contributed by atoms with Gasteiger partial charge in [-0.2, -0.15) is 0 Å². The highest BCUT2D eigenvalue weighted by Gasteiger charge is 2.40. The fraction of sp³-hybridized carbons (Fsp3) is 0.267. The van der Waals surface area contributed by atoms with Crippen LogP contribution < -0.4 is 5.32 Å². The number of methoxy groups -OCH3 is 1. The van der Waals surface area contributed by atoms with Gasteiger partial charge in [-0.05, 0) is 26.0 Å². The number of ether oxygens (including phenoxy) is 1. The molecule has 0 aliphatic carbocycles. The lowest BCUT2D eigenvalue weighted by molar-refractivity contribution is -0.145. The lowest BCUT2D eigenvalue weighted by Gasteiger charge is -2.29. The monoisotopic (exact) mass is 289 g/mol. The summed E-state index contributed by atoms with van der Waals surface area (Å²) in [7, 11) is 1.27. The molecule has 21 heavy (non-hydrogen) atoms. The van der Waals surface area contributed by atoms with E-state index in [0.717, 1.165) is 0 Å². The molecule has 0 aliphatic rings. The molecule has 1 atom stereocenters. The molecule has 110 valence electrons. The number of hydrogen-bond donors (Lipinski definition) is 1. The van der Waals surface area contributed by atoms with Gasteiger partial charge in [0.15, 0.2) is 5.54 Å². The third-order valence-electron chi connectivity index (χ3n) is 3.21. The normalized spacial score (nSPS) is 13.3. The van der Waals surface area contributed by atoms with Crippen molar-refractivity contribution in [1.82, 2.24) is 9.97 Å². The molecular formula is C15H16FN3O2. The van der Waals surface area contributed by atoms with Crippen molar-refractivity contribution in [2.45, 2.75) is 19.4 Å². The number of benzene rings is 1. The summed E-state index contributed by atoms with van der Waals surface area (Å²) in [6.45, 7) is 3.31. The molecule has 2 rings (SSSR count). The molecule has 0 amide bonds. The van der Waals surface area contributed by atoms with E-state index in [1.807, 2.05) is 0 Å². The zero-order chi connectivity index (χ0) is 15.5. The number of halogens is 1. The second-order valence-corrected chi connectivity index (χ2v) is 4.71. The fourth-order valence-electron chi connectivity index (χ4n) is 2.14. The van der Waals surface area contributed by atoms with Crippen LogP contribution in [-0.2, 0) is 15.1 Å². The van der Waals surface area contributed by atoms with E-state index in [2.05, 4.69) is 15.3 Å². The van der Waals surface area contributed by atoms with Gasteiger partial charge in [-0.25, -0.2) is 9.18 Å². The van der Waals surface area contributed by atoms with Crippen molar-refractivity contribution in [1.29, 1.82) is 0 Å². The van der Waals surface area contributed by atoms with Crippen LogP contribution in [0.2, 0.25) is 0 Å². The zero-order valence-corrected chi connectivity index (χ0v) is 12.1. The molecule has 1 aromatic carbocycles. The predicted molar refractivity (Wildman–Crippen MR) is 76.2 cm³/mol. The first kappa shape index (κ1) is 14.9. The van der Waals surface area contributed by atoms with Gasteiger partial charge in [-0.15, -0.1) is 0 Å². The first-order chi connectivity index (χ1) is 9.99. The van der Waals surface area contributed by atoms with Gasteiger partial charge in [0.05, 0.1) is 24.2 Å². The third-order valence-corrected chi connectivity index (χ3v) is 3.21. The largest absolute Gasteiger partial charge is 0.467 e. The molecule has 6 heteroatoms. The number of carbonyl (C=O) groups excluding carboxylic acids is 1. The van der Waals surface area contributed by atoms with Crippen LogP contribution >= 0.6 is 0 Å². The molecular weight excluding hydrogens is 273 g/mol. The summed E-state index contributed by atoms with van der Waals surface area (Å²) in [5, 5.41) is 2.88. The fourth-order valence-corrected chi connectivity index (χ4v) is 2.14. The van der Waals surface area contributed by atoms with Crippen molar-refractivity contribution in [2.24, 2.45) is 0 Å². The van der Waals surface area contributed by atoms with E-state index in [4.69, 9.17) is 4.74 Å². The SMILES string of the molecule is COC(=O)C(C)(Nc1ccccc1F)c1nccnc1C. The van der Waals surface area contributed by atoms with E-state index in [1.54, 1.807) is 32.0 Å². The Balaban J connectivity index is 2.51. The van der Waals surface area contributed by atoms with Crippen LogP contribution in [0.4, 0.5) is 10.1 Å². The summed E-state index contributed by atoms with van der Waals surface area (Å²) in [6.07, 6.45) is 3.01. The number of esters is 1. The molecule has 1 unspecified atom stereocenters. The average molecular weight is 289 g/mol. The van der Waals surface area contributed by atoms with Crippen molar-refractivity contribution in [3.63, 3.8) is 0 Å². The Labute approximate surface area is 122 Å². The van der Waals surface area contributed by atoms with Crippen molar-refractivity contribution < 1.29 is 13.9 Å². The summed E-state index contributed by atoms with van der Waals surface area (Å²) >= 11 is 0. The lowest BCUT2D eigenvalue weighted by atomic mass is 9.95.